The van der Waals surface area contributed by atoms with Crippen LogP contribution in [-0.4, -0.2) is 24.8 Å². The van der Waals surface area contributed by atoms with Crippen LogP contribution in [0.2, 0.25) is 0 Å². The minimum absolute atomic E-state index is 0.0728. The largest absolute Gasteiger partial charge is 0.328 e. The van der Waals surface area contributed by atoms with Crippen molar-refractivity contribution in [3.05, 3.63) is 0 Å². The number of hydrogen-bond acceptors (Lipinski definition) is 3. The summed E-state index contributed by atoms with van der Waals surface area (Å²) < 4.78 is 29.4. The number of rotatable bonds is 9. The molecule has 0 aliphatic carbocycles. The molecular formula is C10H23NO3S. The molecule has 1 unspecified atom stereocenters. The Hall–Kier alpha value is -0.130. The Balaban J connectivity index is 3.37. The van der Waals surface area contributed by atoms with E-state index in [9.17, 15) is 8.42 Å². The van der Waals surface area contributed by atoms with Gasteiger partial charge >= 0.3 is 0 Å². The average molecular weight is 237 g/mol. The summed E-state index contributed by atoms with van der Waals surface area (Å²) in [5.41, 5.74) is 5.81. The summed E-state index contributed by atoms with van der Waals surface area (Å²) in [5, 5.41) is 0. The highest BCUT2D eigenvalue weighted by Gasteiger charge is 2.07. The fourth-order valence-electron chi connectivity index (χ4n) is 1.51. The first-order chi connectivity index (χ1) is 6.95. The minimum Gasteiger partial charge on any atom is -0.328 e. The lowest BCUT2D eigenvalue weighted by Crippen LogP contribution is -2.20. The third-order valence-electron chi connectivity index (χ3n) is 2.41. The van der Waals surface area contributed by atoms with Gasteiger partial charge in [-0.3, -0.25) is 4.55 Å². The highest BCUT2D eigenvalue weighted by Crippen LogP contribution is 2.08. The third kappa shape index (κ3) is 11.8. The maximum Gasteiger partial charge on any atom is 0.264 e. The monoisotopic (exact) mass is 237 g/mol. The van der Waals surface area contributed by atoms with Crippen LogP contribution in [0.3, 0.4) is 0 Å². The summed E-state index contributed by atoms with van der Waals surface area (Å²) in [5.74, 6) is -0.171. The molecule has 0 saturated heterocycles. The number of nitrogens with two attached hydrogens (primary N) is 1. The molecule has 4 nitrogen and oxygen atoms in total. The van der Waals surface area contributed by atoms with Crippen molar-refractivity contribution in [3.8, 4) is 0 Å². The standard InChI is InChI=1S/C10H23NO3S/c1-2-3-4-5-7-10(11)8-6-9-15(12,13)14/h10H,2-9,11H2,1H3,(H,12,13,14). The number of unbranched alkanes of at least 4 members (excludes halogenated alkanes) is 3. The summed E-state index contributed by atoms with van der Waals surface area (Å²) in [6.45, 7) is 2.16. The minimum atomic E-state index is -3.80. The summed E-state index contributed by atoms with van der Waals surface area (Å²) >= 11 is 0. The molecule has 0 bridgehead atoms. The molecule has 0 aliphatic heterocycles. The predicted molar refractivity (Wildman–Crippen MR) is 62.4 cm³/mol. The molecular weight excluding hydrogens is 214 g/mol. The van der Waals surface area contributed by atoms with E-state index in [1.807, 2.05) is 0 Å². The SMILES string of the molecule is CCCCCCC(N)CCCS(=O)(=O)O. The first kappa shape index (κ1) is 14.9. The zero-order valence-corrected chi connectivity index (χ0v) is 10.3. The molecule has 0 amide bonds. The van der Waals surface area contributed by atoms with E-state index in [0.717, 1.165) is 12.8 Å². The molecule has 92 valence electrons. The van der Waals surface area contributed by atoms with Crippen LogP contribution >= 0.6 is 0 Å². The molecule has 0 aromatic carbocycles. The van der Waals surface area contributed by atoms with Gasteiger partial charge in [0.2, 0.25) is 0 Å². The van der Waals surface area contributed by atoms with Gasteiger partial charge in [0.1, 0.15) is 0 Å². The molecule has 0 aromatic rings. The van der Waals surface area contributed by atoms with Crippen molar-refractivity contribution < 1.29 is 13.0 Å². The lowest BCUT2D eigenvalue weighted by atomic mass is 10.0. The van der Waals surface area contributed by atoms with Crippen LogP contribution in [-0.2, 0) is 10.1 Å². The zero-order chi connectivity index (χ0) is 11.7. The van der Waals surface area contributed by atoms with Gasteiger partial charge < -0.3 is 5.73 Å². The molecule has 1 atom stereocenters. The van der Waals surface area contributed by atoms with E-state index >= 15 is 0 Å². The third-order valence-corrected chi connectivity index (χ3v) is 3.21. The van der Waals surface area contributed by atoms with E-state index < -0.39 is 10.1 Å². The fourth-order valence-corrected chi connectivity index (χ4v) is 2.04. The second-order valence-corrected chi connectivity index (χ2v) is 5.61. The molecule has 5 heteroatoms. The van der Waals surface area contributed by atoms with Crippen LogP contribution in [0.15, 0.2) is 0 Å². The van der Waals surface area contributed by atoms with E-state index in [1.54, 1.807) is 0 Å². The Morgan fingerprint density at radius 2 is 1.73 bits per heavy atom. The Kier molecular flexibility index (Phi) is 8.00. The first-order valence-corrected chi connectivity index (χ1v) is 7.27. The molecule has 0 spiro atoms. The van der Waals surface area contributed by atoms with Crippen molar-refractivity contribution in [2.24, 2.45) is 5.73 Å². The summed E-state index contributed by atoms with van der Waals surface area (Å²) in [6.07, 6.45) is 6.82. The van der Waals surface area contributed by atoms with Gasteiger partial charge in [-0.15, -0.1) is 0 Å². The number of hydrogen-bond donors (Lipinski definition) is 2. The van der Waals surface area contributed by atoms with E-state index in [2.05, 4.69) is 6.92 Å². The fraction of sp³-hybridized carbons (Fsp3) is 1.00. The van der Waals surface area contributed by atoms with Crippen LogP contribution in [0.5, 0.6) is 0 Å². The van der Waals surface area contributed by atoms with Crippen molar-refractivity contribution in [2.75, 3.05) is 5.75 Å². The van der Waals surface area contributed by atoms with E-state index in [-0.39, 0.29) is 11.8 Å². The van der Waals surface area contributed by atoms with Crippen LogP contribution in [0.1, 0.15) is 51.9 Å². The summed E-state index contributed by atoms with van der Waals surface area (Å²) in [7, 11) is -3.80. The normalized spacial score (nSPS) is 14.1. The first-order valence-electron chi connectivity index (χ1n) is 5.66. The van der Waals surface area contributed by atoms with Gasteiger partial charge in [-0.25, -0.2) is 0 Å². The van der Waals surface area contributed by atoms with Gasteiger partial charge in [0.25, 0.3) is 10.1 Å². The molecule has 0 radical (unpaired) electrons. The van der Waals surface area contributed by atoms with Crippen LogP contribution in [0.25, 0.3) is 0 Å². The Labute approximate surface area is 93.0 Å². The maximum atomic E-state index is 10.4. The Morgan fingerprint density at radius 3 is 2.27 bits per heavy atom. The van der Waals surface area contributed by atoms with Crippen LogP contribution < -0.4 is 5.73 Å². The molecule has 0 aliphatic rings. The zero-order valence-electron chi connectivity index (χ0n) is 9.48. The summed E-state index contributed by atoms with van der Waals surface area (Å²) in [4.78, 5) is 0. The maximum absolute atomic E-state index is 10.4. The molecule has 0 saturated carbocycles. The predicted octanol–water partition coefficient (Wildman–Crippen LogP) is 1.95. The van der Waals surface area contributed by atoms with E-state index in [4.69, 9.17) is 10.3 Å². The van der Waals surface area contributed by atoms with Crippen molar-refractivity contribution >= 4 is 10.1 Å². The van der Waals surface area contributed by atoms with Gasteiger partial charge in [0.15, 0.2) is 0 Å². The highest BCUT2D eigenvalue weighted by atomic mass is 32.2. The van der Waals surface area contributed by atoms with Crippen LogP contribution in [0, 0.1) is 0 Å². The highest BCUT2D eigenvalue weighted by molar-refractivity contribution is 7.85. The molecule has 15 heavy (non-hydrogen) atoms. The van der Waals surface area contributed by atoms with Crippen LogP contribution in [0.4, 0.5) is 0 Å². The van der Waals surface area contributed by atoms with Crippen molar-refractivity contribution in [1.82, 2.24) is 0 Å². The molecule has 3 N–H and O–H groups in total. The second-order valence-electron chi connectivity index (χ2n) is 4.04. The summed E-state index contributed by atoms with van der Waals surface area (Å²) in [6, 6.07) is 0.0728. The molecule has 0 heterocycles. The van der Waals surface area contributed by atoms with Gasteiger partial charge in [-0.1, -0.05) is 32.6 Å². The van der Waals surface area contributed by atoms with Gasteiger partial charge in [0, 0.05) is 6.04 Å². The molecule has 0 rings (SSSR count). The average Bonchev–Trinajstić information content (AvgIpc) is 2.10. The van der Waals surface area contributed by atoms with Gasteiger partial charge in [-0.05, 0) is 19.3 Å². The topological polar surface area (TPSA) is 80.4 Å². The van der Waals surface area contributed by atoms with Gasteiger partial charge in [0.05, 0.1) is 5.75 Å². The Bertz CT molecular complexity index is 239. The van der Waals surface area contributed by atoms with E-state index in [1.165, 1.54) is 19.3 Å². The van der Waals surface area contributed by atoms with Gasteiger partial charge in [-0.2, -0.15) is 8.42 Å². The lowest BCUT2D eigenvalue weighted by Gasteiger charge is -2.10. The Morgan fingerprint density at radius 1 is 1.13 bits per heavy atom. The van der Waals surface area contributed by atoms with Crippen molar-refractivity contribution in [1.29, 1.82) is 0 Å². The van der Waals surface area contributed by atoms with Crippen molar-refractivity contribution in [3.63, 3.8) is 0 Å². The van der Waals surface area contributed by atoms with E-state index in [0.29, 0.717) is 12.8 Å². The second kappa shape index (κ2) is 8.07. The smallest absolute Gasteiger partial charge is 0.264 e. The molecule has 0 fully saturated rings. The van der Waals surface area contributed by atoms with Crippen molar-refractivity contribution in [2.45, 2.75) is 57.9 Å². The quantitative estimate of drug-likeness (QED) is 0.474. The molecule has 0 aromatic heterocycles. The lowest BCUT2D eigenvalue weighted by molar-refractivity contribution is 0.472.